The highest BCUT2D eigenvalue weighted by Crippen LogP contribution is 2.30. The molecular weight excluding hydrogens is 332 g/mol. The van der Waals surface area contributed by atoms with Gasteiger partial charge in [0.1, 0.15) is 11.9 Å². The summed E-state index contributed by atoms with van der Waals surface area (Å²) >= 11 is 3.47. The van der Waals surface area contributed by atoms with E-state index in [1.807, 2.05) is 42.8 Å². The van der Waals surface area contributed by atoms with Gasteiger partial charge in [0.15, 0.2) is 0 Å². The molecule has 114 valence electrons. The Morgan fingerprint density at radius 1 is 1.38 bits per heavy atom. The van der Waals surface area contributed by atoms with Crippen LogP contribution in [0.3, 0.4) is 0 Å². The number of aliphatic hydroxyl groups excluding tert-OH is 1. The fourth-order valence-corrected chi connectivity index (χ4v) is 2.73. The molecule has 1 atom stereocenters. The Labute approximate surface area is 133 Å². The van der Waals surface area contributed by atoms with Crippen LogP contribution in [-0.4, -0.2) is 21.0 Å². The van der Waals surface area contributed by atoms with Gasteiger partial charge in [0.2, 0.25) is 0 Å². The molecule has 0 saturated heterocycles. The zero-order chi connectivity index (χ0) is 15.4. The lowest BCUT2D eigenvalue weighted by atomic mass is 10.1. The molecule has 0 saturated carbocycles. The fraction of sp³-hybridized carbons (Fsp3) is 0.438. The van der Waals surface area contributed by atoms with Crippen LogP contribution in [0.4, 0.5) is 0 Å². The van der Waals surface area contributed by atoms with Crippen molar-refractivity contribution in [2.75, 3.05) is 0 Å². The van der Waals surface area contributed by atoms with Crippen molar-refractivity contribution >= 4 is 15.9 Å². The zero-order valence-corrected chi connectivity index (χ0v) is 14.2. The molecule has 0 aliphatic carbocycles. The minimum absolute atomic E-state index is 0.106. The van der Waals surface area contributed by atoms with Crippen LogP contribution in [0.1, 0.15) is 44.6 Å². The zero-order valence-electron chi connectivity index (χ0n) is 12.6. The third-order valence-corrected chi connectivity index (χ3v) is 3.68. The lowest BCUT2D eigenvalue weighted by Crippen LogP contribution is -2.11. The largest absolute Gasteiger partial charge is 0.491 e. The summed E-state index contributed by atoms with van der Waals surface area (Å²) < 4.78 is 8.34. The van der Waals surface area contributed by atoms with Gasteiger partial charge in [0.25, 0.3) is 0 Å². The molecule has 0 radical (unpaired) electrons. The second-order valence-electron chi connectivity index (χ2n) is 5.24. The summed E-state index contributed by atoms with van der Waals surface area (Å²) in [6, 6.07) is 7.56. The van der Waals surface area contributed by atoms with E-state index < -0.39 is 6.10 Å². The standard InChI is InChI=1S/C16H21BrN2O2/c1-4-8-19-15(14(17)10-18-19)16(20)12-6-5-7-13(9-12)21-11(2)3/h5-7,9-11,16,20H,4,8H2,1-3H3. The van der Waals surface area contributed by atoms with Crippen molar-refractivity contribution in [1.29, 1.82) is 0 Å². The summed E-state index contributed by atoms with van der Waals surface area (Å²) in [5.74, 6) is 0.763. The van der Waals surface area contributed by atoms with Crippen LogP contribution < -0.4 is 4.74 Å². The van der Waals surface area contributed by atoms with E-state index in [0.717, 1.165) is 34.4 Å². The van der Waals surface area contributed by atoms with E-state index in [2.05, 4.69) is 28.0 Å². The van der Waals surface area contributed by atoms with Crippen molar-refractivity contribution in [3.05, 3.63) is 46.2 Å². The molecule has 0 fully saturated rings. The molecule has 0 bridgehead atoms. The Morgan fingerprint density at radius 2 is 2.14 bits per heavy atom. The maximum Gasteiger partial charge on any atom is 0.122 e. The van der Waals surface area contributed by atoms with Crippen molar-refractivity contribution in [2.24, 2.45) is 0 Å². The maximum absolute atomic E-state index is 10.7. The molecule has 4 nitrogen and oxygen atoms in total. The van der Waals surface area contributed by atoms with E-state index in [4.69, 9.17) is 4.74 Å². The summed E-state index contributed by atoms with van der Waals surface area (Å²) in [5, 5.41) is 15.0. The highest BCUT2D eigenvalue weighted by Gasteiger charge is 2.19. The Bertz CT molecular complexity index is 596. The number of benzene rings is 1. The van der Waals surface area contributed by atoms with Crippen LogP contribution >= 0.6 is 15.9 Å². The number of rotatable bonds is 6. The number of aryl methyl sites for hydroxylation is 1. The van der Waals surface area contributed by atoms with Crippen LogP contribution in [-0.2, 0) is 6.54 Å². The van der Waals surface area contributed by atoms with E-state index in [0.29, 0.717) is 0 Å². The van der Waals surface area contributed by atoms with Gasteiger partial charge in [-0.1, -0.05) is 19.1 Å². The van der Waals surface area contributed by atoms with Gasteiger partial charge in [-0.2, -0.15) is 5.10 Å². The minimum atomic E-state index is -0.732. The number of hydrogen-bond donors (Lipinski definition) is 1. The van der Waals surface area contributed by atoms with Gasteiger partial charge in [-0.05, 0) is 53.9 Å². The number of aliphatic hydroxyl groups is 1. The van der Waals surface area contributed by atoms with E-state index in [-0.39, 0.29) is 6.10 Å². The highest BCUT2D eigenvalue weighted by atomic mass is 79.9. The third-order valence-electron chi connectivity index (χ3n) is 3.07. The van der Waals surface area contributed by atoms with Gasteiger partial charge in [-0.25, -0.2) is 0 Å². The molecule has 5 heteroatoms. The first kappa shape index (κ1) is 16.0. The molecule has 1 heterocycles. The molecular formula is C16H21BrN2O2. The predicted octanol–water partition coefficient (Wildman–Crippen LogP) is 3.92. The smallest absolute Gasteiger partial charge is 0.122 e. The van der Waals surface area contributed by atoms with Crippen LogP contribution in [0.2, 0.25) is 0 Å². The number of halogens is 1. The molecule has 1 aromatic carbocycles. The van der Waals surface area contributed by atoms with Gasteiger partial charge >= 0.3 is 0 Å². The van der Waals surface area contributed by atoms with Gasteiger partial charge in [0, 0.05) is 6.54 Å². The summed E-state index contributed by atoms with van der Waals surface area (Å²) in [4.78, 5) is 0. The molecule has 0 aliphatic rings. The molecule has 0 aliphatic heterocycles. The number of nitrogens with zero attached hydrogens (tertiary/aromatic N) is 2. The fourth-order valence-electron chi connectivity index (χ4n) is 2.22. The second kappa shape index (κ2) is 7.09. The first-order valence-electron chi connectivity index (χ1n) is 7.18. The first-order valence-corrected chi connectivity index (χ1v) is 7.98. The molecule has 0 amide bonds. The molecule has 21 heavy (non-hydrogen) atoms. The van der Waals surface area contributed by atoms with E-state index >= 15 is 0 Å². The summed E-state index contributed by atoms with van der Waals surface area (Å²) in [6.45, 7) is 6.83. The number of hydrogen-bond acceptors (Lipinski definition) is 3. The average molecular weight is 353 g/mol. The van der Waals surface area contributed by atoms with Crippen molar-refractivity contribution < 1.29 is 9.84 Å². The SMILES string of the molecule is CCCn1ncc(Br)c1C(O)c1cccc(OC(C)C)c1. The summed E-state index contributed by atoms with van der Waals surface area (Å²) in [5.41, 5.74) is 1.57. The Hall–Kier alpha value is -1.33. The number of aromatic nitrogens is 2. The summed E-state index contributed by atoms with van der Waals surface area (Å²) in [6.07, 6.45) is 2.06. The average Bonchev–Trinajstić information content (AvgIpc) is 2.79. The van der Waals surface area contributed by atoms with Crippen LogP contribution in [0.25, 0.3) is 0 Å². The molecule has 0 spiro atoms. The summed E-state index contributed by atoms with van der Waals surface area (Å²) in [7, 11) is 0. The molecule has 2 rings (SSSR count). The van der Waals surface area contributed by atoms with Crippen LogP contribution in [0, 0.1) is 0 Å². The topological polar surface area (TPSA) is 47.3 Å². The molecule has 1 unspecified atom stereocenters. The quantitative estimate of drug-likeness (QED) is 0.856. The van der Waals surface area contributed by atoms with Crippen molar-refractivity contribution in [3.63, 3.8) is 0 Å². The maximum atomic E-state index is 10.7. The Kier molecular flexibility index (Phi) is 5.42. The van der Waals surface area contributed by atoms with Gasteiger partial charge in [-0.3, -0.25) is 4.68 Å². The Balaban J connectivity index is 2.31. The van der Waals surface area contributed by atoms with Crippen molar-refractivity contribution in [2.45, 2.75) is 45.9 Å². The Morgan fingerprint density at radius 3 is 2.81 bits per heavy atom. The predicted molar refractivity (Wildman–Crippen MR) is 86.5 cm³/mol. The van der Waals surface area contributed by atoms with Crippen LogP contribution in [0.5, 0.6) is 5.75 Å². The van der Waals surface area contributed by atoms with Crippen molar-refractivity contribution in [3.8, 4) is 5.75 Å². The van der Waals surface area contributed by atoms with Gasteiger partial charge < -0.3 is 9.84 Å². The van der Waals surface area contributed by atoms with E-state index in [1.165, 1.54) is 0 Å². The van der Waals surface area contributed by atoms with Crippen LogP contribution in [0.15, 0.2) is 34.9 Å². The second-order valence-corrected chi connectivity index (χ2v) is 6.10. The monoisotopic (exact) mass is 352 g/mol. The number of ether oxygens (including phenoxy) is 1. The highest BCUT2D eigenvalue weighted by molar-refractivity contribution is 9.10. The first-order chi connectivity index (χ1) is 10.0. The molecule has 1 N–H and O–H groups in total. The molecule has 1 aromatic heterocycles. The lowest BCUT2D eigenvalue weighted by Gasteiger charge is -2.16. The normalized spacial score (nSPS) is 12.7. The van der Waals surface area contributed by atoms with E-state index in [9.17, 15) is 5.11 Å². The van der Waals surface area contributed by atoms with E-state index in [1.54, 1.807) is 6.20 Å². The molecule has 2 aromatic rings. The minimum Gasteiger partial charge on any atom is -0.491 e. The van der Waals surface area contributed by atoms with Gasteiger partial charge in [0.05, 0.1) is 22.5 Å². The van der Waals surface area contributed by atoms with Gasteiger partial charge in [-0.15, -0.1) is 0 Å². The van der Waals surface area contributed by atoms with Crippen molar-refractivity contribution in [1.82, 2.24) is 9.78 Å². The lowest BCUT2D eigenvalue weighted by molar-refractivity contribution is 0.204. The third kappa shape index (κ3) is 3.86.